The van der Waals surface area contributed by atoms with E-state index in [4.69, 9.17) is 0 Å². The fourth-order valence-corrected chi connectivity index (χ4v) is 5.89. The Morgan fingerprint density at radius 3 is 2.50 bits per heavy atom. The van der Waals surface area contributed by atoms with Gasteiger partial charge in [-0.25, -0.2) is 0 Å². The van der Waals surface area contributed by atoms with E-state index < -0.39 is 5.60 Å². The van der Waals surface area contributed by atoms with Crippen LogP contribution in [0.25, 0.3) is 0 Å². The number of carbonyl (C=O) groups excluding carboxylic acids is 2. The van der Waals surface area contributed by atoms with Gasteiger partial charge in [0.25, 0.3) is 5.91 Å². The van der Waals surface area contributed by atoms with Crippen LogP contribution < -0.4 is 10.2 Å². The molecule has 2 fully saturated rings. The van der Waals surface area contributed by atoms with Gasteiger partial charge in [0.05, 0.1) is 11.6 Å². The van der Waals surface area contributed by atoms with Gasteiger partial charge in [0.2, 0.25) is 5.91 Å². The molecule has 182 valence electrons. The Balaban J connectivity index is 1.69. The SMILES string of the molecule is CCN(CC)c1ccc([C@H]2[C@@H]3CCCC[C@]3(O)CCN2C(=O)c2cccc(NC(C)=O)c2)cc1. The van der Waals surface area contributed by atoms with Gasteiger partial charge in [-0.15, -0.1) is 0 Å². The Morgan fingerprint density at radius 2 is 1.82 bits per heavy atom. The van der Waals surface area contributed by atoms with Crippen LogP contribution in [0.5, 0.6) is 0 Å². The summed E-state index contributed by atoms with van der Waals surface area (Å²) in [4.78, 5) is 29.6. The van der Waals surface area contributed by atoms with Crippen molar-refractivity contribution < 1.29 is 14.7 Å². The molecule has 0 unspecified atom stereocenters. The van der Waals surface area contributed by atoms with E-state index >= 15 is 0 Å². The third kappa shape index (κ3) is 4.83. The summed E-state index contributed by atoms with van der Waals surface area (Å²) in [6.45, 7) is 8.15. The molecule has 2 aromatic carbocycles. The molecule has 4 rings (SSSR count). The Hall–Kier alpha value is -2.86. The predicted octanol–water partition coefficient (Wildman–Crippen LogP) is 5.00. The standard InChI is InChI=1S/C28H37N3O3/c1-4-30(5-2)24-14-12-21(13-15-24)26-25-11-6-7-16-28(25,34)17-18-31(26)27(33)22-9-8-10-23(19-22)29-20(3)32/h8-10,12-15,19,25-26,34H,4-7,11,16-18H2,1-3H3,(H,29,32)/t25-,26-,28-/m0/s1. The molecule has 2 N–H and O–H groups in total. The predicted molar refractivity (Wildman–Crippen MR) is 136 cm³/mol. The number of rotatable bonds is 6. The Morgan fingerprint density at radius 1 is 1.09 bits per heavy atom. The molecule has 1 heterocycles. The van der Waals surface area contributed by atoms with Crippen molar-refractivity contribution in [1.29, 1.82) is 0 Å². The van der Waals surface area contributed by atoms with Crippen molar-refractivity contribution in [2.24, 2.45) is 5.92 Å². The van der Waals surface area contributed by atoms with Crippen LogP contribution in [-0.2, 0) is 4.79 Å². The van der Waals surface area contributed by atoms with E-state index in [1.54, 1.807) is 24.3 Å². The van der Waals surface area contributed by atoms with Crippen molar-refractivity contribution in [2.75, 3.05) is 29.9 Å². The minimum absolute atomic E-state index is 0.0109. The van der Waals surface area contributed by atoms with Gasteiger partial charge in [0.1, 0.15) is 0 Å². The van der Waals surface area contributed by atoms with E-state index in [9.17, 15) is 14.7 Å². The average molecular weight is 464 g/mol. The first-order valence-electron chi connectivity index (χ1n) is 12.6. The van der Waals surface area contributed by atoms with Crippen LogP contribution in [0.4, 0.5) is 11.4 Å². The molecule has 6 heteroatoms. The van der Waals surface area contributed by atoms with Gasteiger partial charge in [-0.2, -0.15) is 0 Å². The molecule has 2 aliphatic rings. The number of nitrogens with zero attached hydrogens (tertiary/aromatic N) is 2. The van der Waals surface area contributed by atoms with Gasteiger partial charge in [0, 0.05) is 49.4 Å². The van der Waals surface area contributed by atoms with E-state index in [1.807, 2.05) is 4.90 Å². The summed E-state index contributed by atoms with van der Waals surface area (Å²) >= 11 is 0. The second-order valence-corrected chi connectivity index (χ2v) is 9.68. The highest BCUT2D eigenvalue weighted by Crippen LogP contribution is 2.49. The van der Waals surface area contributed by atoms with Crippen molar-refractivity contribution in [3.8, 4) is 0 Å². The molecule has 1 aliphatic carbocycles. The maximum atomic E-state index is 13.8. The number of hydrogen-bond acceptors (Lipinski definition) is 4. The van der Waals surface area contributed by atoms with Gasteiger partial charge in [-0.3, -0.25) is 9.59 Å². The van der Waals surface area contributed by atoms with Crippen LogP contribution in [0.3, 0.4) is 0 Å². The van der Waals surface area contributed by atoms with E-state index in [0.29, 0.717) is 24.2 Å². The number of amides is 2. The third-order valence-corrected chi connectivity index (χ3v) is 7.62. The first-order chi connectivity index (χ1) is 16.4. The smallest absolute Gasteiger partial charge is 0.254 e. The van der Waals surface area contributed by atoms with Crippen LogP contribution in [-0.4, -0.2) is 47.1 Å². The lowest BCUT2D eigenvalue weighted by molar-refractivity contribution is -0.115. The highest BCUT2D eigenvalue weighted by atomic mass is 16.3. The van der Waals surface area contributed by atoms with Gasteiger partial charge in [0.15, 0.2) is 0 Å². The maximum Gasteiger partial charge on any atom is 0.254 e. The zero-order chi connectivity index (χ0) is 24.3. The van der Waals surface area contributed by atoms with Crippen LogP contribution in [0, 0.1) is 5.92 Å². The van der Waals surface area contributed by atoms with E-state index in [0.717, 1.165) is 44.3 Å². The minimum Gasteiger partial charge on any atom is -0.389 e. The monoisotopic (exact) mass is 463 g/mol. The van der Waals surface area contributed by atoms with Gasteiger partial charge in [-0.1, -0.05) is 31.0 Å². The molecule has 1 saturated carbocycles. The Bertz CT molecular complexity index is 1020. The zero-order valence-corrected chi connectivity index (χ0v) is 20.6. The number of anilines is 2. The second-order valence-electron chi connectivity index (χ2n) is 9.68. The van der Waals surface area contributed by atoms with Crippen molar-refractivity contribution in [1.82, 2.24) is 4.90 Å². The first kappa shape index (κ1) is 24.3. The molecule has 2 amide bonds. The summed E-state index contributed by atoms with van der Waals surface area (Å²) in [5.74, 6) is -0.213. The maximum absolute atomic E-state index is 13.8. The van der Waals surface area contributed by atoms with Crippen molar-refractivity contribution in [3.05, 3.63) is 59.7 Å². The van der Waals surface area contributed by atoms with Gasteiger partial charge in [-0.05, 0) is 69.0 Å². The van der Waals surface area contributed by atoms with Crippen LogP contribution in [0.15, 0.2) is 48.5 Å². The topological polar surface area (TPSA) is 72.9 Å². The summed E-state index contributed by atoms with van der Waals surface area (Å²) in [7, 11) is 0. The zero-order valence-electron chi connectivity index (χ0n) is 20.6. The molecule has 34 heavy (non-hydrogen) atoms. The molecular formula is C28H37N3O3. The Labute approximate surface area is 203 Å². The van der Waals surface area contributed by atoms with Crippen molar-refractivity contribution >= 4 is 23.2 Å². The fourth-order valence-electron chi connectivity index (χ4n) is 5.89. The molecule has 3 atom stereocenters. The van der Waals surface area contributed by atoms with E-state index in [2.05, 4.69) is 48.3 Å². The van der Waals surface area contributed by atoms with Crippen LogP contribution in [0.2, 0.25) is 0 Å². The summed E-state index contributed by atoms with van der Waals surface area (Å²) in [5.41, 5.74) is 2.69. The van der Waals surface area contributed by atoms with Gasteiger partial charge >= 0.3 is 0 Å². The van der Waals surface area contributed by atoms with Crippen LogP contribution >= 0.6 is 0 Å². The normalized spacial score (nSPS) is 24.3. The van der Waals surface area contributed by atoms with Crippen LogP contribution in [0.1, 0.15) is 74.8 Å². The lowest BCUT2D eigenvalue weighted by Crippen LogP contribution is -2.56. The number of benzene rings is 2. The third-order valence-electron chi connectivity index (χ3n) is 7.62. The summed E-state index contributed by atoms with van der Waals surface area (Å²) in [6, 6.07) is 15.5. The number of nitrogens with one attached hydrogen (secondary N) is 1. The second kappa shape index (κ2) is 10.2. The highest BCUT2D eigenvalue weighted by molar-refractivity contribution is 5.97. The molecule has 0 bridgehead atoms. The molecule has 2 aromatic rings. The minimum atomic E-state index is -0.727. The van der Waals surface area contributed by atoms with Gasteiger partial charge < -0.3 is 20.2 Å². The number of piperidine rings is 1. The lowest BCUT2D eigenvalue weighted by atomic mass is 9.66. The van der Waals surface area contributed by atoms with E-state index in [1.165, 1.54) is 12.6 Å². The molecule has 0 aromatic heterocycles. The molecule has 0 spiro atoms. The number of aliphatic hydroxyl groups is 1. The van der Waals surface area contributed by atoms with Crippen molar-refractivity contribution in [2.45, 2.75) is 64.5 Å². The highest BCUT2D eigenvalue weighted by Gasteiger charge is 2.50. The summed E-state index contributed by atoms with van der Waals surface area (Å²) < 4.78 is 0. The molecular weight excluding hydrogens is 426 g/mol. The number of carbonyl (C=O) groups is 2. The molecule has 1 saturated heterocycles. The number of likely N-dealkylation sites (tertiary alicyclic amines) is 1. The Kier molecular flexibility index (Phi) is 7.27. The number of hydrogen-bond donors (Lipinski definition) is 2. The summed E-state index contributed by atoms with van der Waals surface area (Å²) in [6.07, 6.45) is 4.41. The number of fused-ring (bicyclic) bond motifs is 1. The average Bonchev–Trinajstić information content (AvgIpc) is 2.83. The molecule has 1 aliphatic heterocycles. The molecule has 6 nitrogen and oxygen atoms in total. The first-order valence-corrected chi connectivity index (χ1v) is 12.6. The lowest BCUT2D eigenvalue weighted by Gasteiger charge is -2.52. The summed E-state index contributed by atoms with van der Waals surface area (Å²) in [5, 5.41) is 14.3. The quantitative estimate of drug-likeness (QED) is 0.632. The largest absolute Gasteiger partial charge is 0.389 e. The van der Waals surface area contributed by atoms with Crippen molar-refractivity contribution in [3.63, 3.8) is 0 Å². The fraction of sp³-hybridized carbons (Fsp3) is 0.500. The molecule has 0 radical (unpaired) electrons. The van der Waals surface area contributed by atoms with E-state index in [-0.39, 0.29) is 23.8 Å².